The molecule has 1 aliphatic rings. The Morgan fingerprint density at radius 1 is 1.28 bits per heavy atom. The summed E-state index contributed by atoms with van der Waals surface area (Å²) in [6.45, 7) is 10.8. The molecule has 0 aromatic rings. The third-order valence-electron chi connectivity index (χ3n) is 5.04. The predicted octanol–water partition coefficient (Wildman–Crippen LogP) is 1.78. The first-order chi connectivity index (χ1) is 8.03. The van der Waals surface area contributed by atoms with E-state index in [9.17, 15) is 9.59 Å². The number of carboxylic acid groups (broad SMARTS) is 1. The Labute approximate surface area is 109 Å². The number of rotatable bonds is 4. The van der Waals surface area contributed by atoms with Crippen molar-refractivity contribution in [3.63, 3.8) is 0 Å². The fourth-order valence-corrected chi connectivity index (χ4v) is 2.50. The topological polar surface area (TPSA) is 69.6 Å². The Bertz CT molecular complexity index is 349. The van der Waals surface area contributed by atoms with Crippen LogP contribution in [0, 0.1) is 16.7 Å². The van der Waals surface area contributed by atoms with Crippen LogP contribution in [0.5, 0.6) is 0 Å². The molecule has 1 saturated carbocycles. The van der Waals surface area contributed by atoms with Crippen molar-refractivity contribution in [3.05, 3.63) is 0 Å². The van der Waals surface area contributed by atoms with Crippen LogP contribution < -0.4 is 5.32 Å². The molecule has 1 aliphatic carbocycles. The lowest BCUT2D eigenvalue weighted by molar-refractivity contribution is -0.141. The Morgan fingerprint density at radius 3 is 2.06 bits per heavy atom. The fourth-order valence-electron chi connectivity index (χ4n) is 2.50. The van der Waals surface area contributed by atoms with Gasteiger partial charge in [0.05, 0.1) is 0 Å². The van der Waals surface area contributed by atoms with Gasteiger partial charge in [-0.05, 0) is 23.7 Å². The number of nitrogens with one attached hydrogen (secondary N) is 1. The van der Waals surface area contributed by atoms with Crippen molar-refractivity contribution in [2.75, 3.05) is 13.6 Å². The molecule has 0 bridgehead atoms. The first-order valence-corrected chi connectivity index (χ1v) is 6.27. The normalized spacial score (nSPS) is 22.1. The highest BCUT2D eigenvalue weighted by Gasteiger charge is 2.64. The second kappa shape index (κ2) is 4.44. The summed E-state index contributed by atoms with van der Waals surface area (Å²) >= 11 is 0. The minimum absolute atomic E-state index is 0.220. The van der Waals surface area contributed by atoms with Gasteiger partial charge in [0.1, 0.15) is 6.04 Å². The van der Waals surface area contributed by atoms with Crippen LogP contribution in [0.1, 0.15) is 34.6 Å². The molecule has 18 heavy (non-hydrogen) atoms. The van der Waals surface area contributed by atoms with E-state index in [1.807, 2.05) is 0 Å². The predicted molar refractivity (Wildman–Crippen MR) is 69.3 cm³/mol. The maximum Gasteiger partial charge on any atom is 0.326 e. The summed E-state index contributed by atoms with van der Waals surface area (Å²) in [5, 5.41) is 11.7. The van der Waals surface area contributed by atoms with E-state index in [1.54, 1.807) is 0 Å². The van der Waals surface area contributed by atoms with Crippen LogP contribution in [0.3, 0.4) is 0 Å². The number of aliphatic carboxylic acids is 1. The molecule has 0 spiro atoms. The summed E-state index contributed by atoms with van der Waals surface area (Å²) in [5.41, 5.74) is 0.439. The molecule has 0 heterocycles. The highest BCUT2D eigenvalue weighted by molar-refractivity contribution is 5.82. The molecule has 2 amide bonds. The highest BCUT2D eigenvalue weighted by atomic mass is 16.4. The first kappa shape index (κ1) is 14.8. The smallest absolute Gasteiger partial charge is 0.326 e. The number of hydrogen-bond donors (Lipinski definition) is 2. The lowest BCUT2D eigenvalue weighted by atomic mass is 10.0. The van der Waals surface area contributed by atoms with Gasteiger partial charge in [-0.3, -0.25) is 0 Å². The van der Waals surface area contributed by atoms with Crippen LogP contribution in [0.2, 0.25) is 0 Å². The van der Waals surface area contributed by atoms with E-state index in [1.165, 1.54) is 18.9 Å². The van der Waals surface area contributed by atoms with Crippen molar-refractivity contribution in [1.29, 1.82) is 0 Å². The average molecular weight is 256 g/mol. The van der Waals surface area contributed by atoms with Crippen LogP contribution in [0.15, 0.2) is 0 Å². The van der Waals surface area contributed by atoms with Crippen LogP contribution in [0.4, 0.5) is 4.79 Å². The Kier molecular flexibility index (Phi) is 3.65. The van der Waals surface area contributed by atoms with E-state index in [4.69, 9.17) is 5.11 Å². The lowest BCUT2D eigenvalue weighted by Crippen LogP contribution is -2.46. The lowest BCUT2D eigenvalue weighted by Gasteiger charge is -2.22. The van der Waals surface area contributed by atoms with E-state index in [2.05, 4.69) is 33.0 Å². The molecule has 0 saturated heterocycles. The molecule has 1 atom stereocenters. The molecular formula is C13H24N2O3. The SMILES string of the molecule is CC(C(=O)O)N(C)C(=O)NCC1C(C)(C)C1(C)C. The largest absolute Gasteiger partial charge is 0.480 e. The van der Waals surface area contributed by atoms with Gasteiger partial charge in [-0.25, -0.2) is 9.59 Å². The summed E-state index contributed by atoms with van der Waals surface area (Å²) in [6, 6.07) is -1.14. The zero-order valence-corrected chi connectivity index (χ0v) is 12.1. The Balaban J connectivity index is 2.47. The molecule has 2 N–H and O–H groups in total. The number of nitrogens with zero attached hydrogens (tertiary/aromatic N) is 1. The first-order valence-electron chi connectivity index (χ1n) is 6.27. The van der Waals surface area contributed by atoms with Crippen molar-refractivity contribution >= 4 is 12.0 Å². The van der Waals surface area contributed by atoms with Gasteiger partial charge < -0.3 is 15.3 Å². The summed E-state index contributed by atoms with van der Waals surface area (Å²) in [5.74, 6) is -0.567. The average Bonchev–Trinajstić information content (AvgIpc) is 2.64. The van der Waals surface area contributed by atoms with Gasteiger partial charge in [-0.15, -0.1) is 0 Å². The van der Waals surface area contributed by atoms with E-state index >= 15 is 0 Å². The Morgan fingerprint density at radius 2 is 1.72 bits per heavy atom. The molecule has 0 aliphatic heterocycles. The summed E-state index contributed by atoms with van der Waals surface area (Å²) < 4.78 is 0. The second-order valence-corrected chi connectivity index (χ2v) is 6.31. The molecule has 1 rings (SSSR count). The van der Waals surface area contributed by atoms with Crippen molar-refractivity contribution in [2.24, 2.45) is 16.7 Å². The van der Waals surface area contributed by atoms with Crippen LogP contribution in [-0.2, 0) is 4.79 Å². The number of carbonyl (C=O) groups is 2. The van der Waals surface area contributed by atoms with Gasteiger partial charge in [0, 0.05) is 13.6 Å². The molecule has 5 heteroatoms. The molecule has 0 aromatic heterocycles. The van der Waals surface area contributed by atoms with Gasteiger partial charge in [0.25, 0.3) is 0 Å². The third-order valence-corrected chi connectivity index (χ3v) is 5.04. The number of hydrogen-bond acceptors (Lipinski definition) is 2. The van der Waals surface area contributed by atoms with Gasteiger partial charge in [0.2, 0.25) is 0 Å². The van der Waals surface area contributed by atoms with Crippen molar-refractivity contribution < 1.29 is 14.7 Å². The van der Waals surface area contributed by atoms with Crippen LogP contribution in [0.25, 0.3) is 0 Å². The summed E-state index contributed by atoms with van der Waals surface area (Å²) in [6.07, 6.45) is 0. The van der Waals surface area contributed by atoms with E-state index in [0.29, 0.717) is 12.5 Å². The van der Waals surface area contributed by atoms with Gasteiger partial charge in [0.15, 0.2) is 0 Å². The zero-order valence-electron chi connectivity index (χ0n) is 12.1. The number of carboxylic acids is 1. The van der Waals surface area contributed by atoms with Crippen molar-refractivity contribution in [1.82, 2.24) is 10.2 Å². The number of amides is 2. The second-order valence-electron chi connectivity index (χ2n) is 6.31. The number of likely N-dealkylation sites (N-methyl/N-ethyl adjacent to an activating group) is 1. The van der Waals surface area contributed by atoms with Gasteiger partial charge in [-0.1, -0.05) is 27.7 Å². The molecule has 1 fully saturated rings. The maximum atomic E-state index is 11.8. The number of carbonyl (C=O) groups excluding carboxylic acids is 1. The standard InChI is InChI=1S/C13H24N2O3/c1-8(10(16)17)15(6)11(18)14-7-9-12(2,3)13(9,4)5/h8-9H,7H2,1-6H3,(H,14,18)(H,16,17). The maximum absolute atomic E-state index is 11.8. The van der Waals surface area contributed by atoms with E-state index in [-0.39, 0.29) is 16.9 Å². The number of urea groups is 1. The quantitative estimate of drug-likeness (QED) is 0.805. The van der Waals surface area contributed by atoms with Gasteiger partial charge in [-0.2, -0.15) is 0 Å². The molecule has 1 unspecified atom stereocenters. The molecular weight excluding hydrogens is 232 g/mol. The van der Waals surface area contributed by atoms with Crippen LogP contribution in [-0.4, -0.2) is 41.6 Å². The minimum atomic E-state index is -1.00. The van der Waals surface area contributed by atoms with Crippen LogP contribution >= 0.6 is 0 Å². The molecule has 5 nitrogen and oxygen atoms in total. The monoisotopic (exact) mass is 256 g/mol. The van der Waals surface area contributed by atoms with E-state index in [0.717, 1.165) is 0 Å². The summed E-state index contributed by atoms with van der Waals surface area (Å²) in [4.78, 5) is 23.8. The highest BCUT2D eigenvalue weighted by Crippen LogP contribution is 2.67. The molecule has 104 valence electrons. The van der Waals surface area contributed by atoms with Gasteiger partial charge >= 0.3 is 12.0 Å². The summed E-state index contributed by atoms with van der Waals surface area (Å²) in [7, 11) is 1.50. The van der Waals surface area contributed by atoms with Crippen molar-refractivity contribution in [3.8, 4) is 0 Å². The Hall–Kier alpha value is -1.26. The zero-order chi connectivity index (χ0) is 14.3. The minimum Gasteiger partial charge on any atom is -0.480 e. The third kappa shape index (κ3) is 2.31. The van der Waals surface area contributed by atoms with E-state index < -0.39 is 12.0 Å². The molecule has 0 aromatic carbocycles. The van der Waals surface area contributed by atoms with Crippen molar-refractivity contribution in [2.45, 2.75) is 40.7 Å². The molecule has 0 radical (unpaired) electrons. The fraction of sp³-hybridized carbons (Fsp3) is 0.846.